The third kappa shape index (κ3) is 7.81. The Morgan fingerprint density at radius 3 is 2.45 bits per heavy atom. The van der Waals surface area contributed by atoms with Gasteiger partial charge in [-0.1, -0.05) is 66.3 Å². The van der Waals surface area contributed by atoms with Crippen molar-refractivity contribution in [2.45, 2.75) is 209 Å². The van der Waals surface area contributed by atoms with Gasteiger partial charge in [-0.25, -0.2) is 0 Å². The van der Waals surface area contributed by atoms with E-state index in [1.807, 2.05) is 25.2 Å². The number of aliphatic hydroxyl groups is 2. The van der Waals surface area contributed by atoms with Crippen LogP contribution in [0.2, 0.25) is 0 Å². The first-order valence-corrected chi connectivity index (χ1v) is 23.3. The molecule has 13 heteroatoms. The molecule has 0 radical (unpaired) electrons. The van der Waals surface area contributed by atoms with Crippen molar-refractivity contribution in [3.8, 4) is 0 Å². The molecule has 0 aromatic rings. The number of aliphatic carboxylic acids is 1. The summed E-state index contributed by atoms with van der Waals surface area (Å²) in [6.45, 7) is 18.5. The smallest absolute Gasteiger partial charge is 0.303 e. The molecule has 0 aliphatic carbocycles. The van der Waals surface area contributed by atoms with Crippen molar-refractivity contribution in [3.63, 3.8) is 0 Å². The lowest BCUT2D eigenvalue weighted by atomic mass is 9.76. The minimum absolute atomic E-state index is 0.0210. The van der Waals surface area contributed by atoms with Crippen LogP contribution in [0.25, 0.3) is 0 Å². The Balaban J connectivity index is 0.846. The Kier molecular flexibility index (Phi) is 11.6. The molecule has 9 aliphatic rings. The van der Waals surface area contributed by atoms with E-state index in [2.05, 4.69) is 52.6 Å². The SMILES string of the molecule is C=C(C[C@@]12C[C@@H](C)C[C@@H](O1)[C@H]1O[C@]3(C[C@H]1O2)NC[C@H](C)C[C@@H]3C)[C@H]1O[C@@](O)([C@@H](O)[C@H]2C[C@@H]3O[C@@]4(CC[C@]5(C=CC[C@@H](/C=C/CCC(=O)O)O5)O4)[C@@H](C)C[C@@H]3O2)[C@H](C)C[C@@H]1C. The van der Waals surface area contributed by atoms with Crippen LogP contribution in [0.3, 0.4) is 0 Å². The number of carboxylic acid groups (broad SMARTS) is 1. The average Bonchev–Trinajstić information content (AvgIpc) is 3.87. The predicted octanol–water partition coefficient (Wildman–Crippen LogP) is 6.26. The molecule has 3 spiro atoms. The van der Waals surface area contributed by atoms with E-state index in [4.69, 9.17) is 43.0 Å². The van der Waals surface area contributed by atoms with Crippen LogP contribution in [0.15, 0.2) is 36.5 Å². The van der Waals surface area contributed by atoms with Crippen molar-refractivity contribution in [1.82, 2.24) is 5.32 Å². The van der Waals surface area contributed by atoms with E-state index in [1.165, 1.54) is 0 Å². The third-order valence-electron chi connectivity index (χ3n) is 15.9. The topological polar surface area (TPSA) is 164 Å². The summed E-state index contributed by atoms with van der Waals surface area (Å²) in [5, 5.41) is 37.3. The van der Waals surface area contributed by atoms with Gasteiger partial charge in [-0.2, -0.15) is 0 Å². The van der Waals surface area contributed by atoms with E-state index in [0.717, 1.165) is 37.8 Å². The van der Waals surface area contributed by atoms with Crippen LogP contribution in [0.5, 0.6) is 0 Å². The molecule has 8 saturated heterocycles. The molecule has 9 rings (SSSR count). The van der Waals surface area contributed by atoms with Crippen molar-refractivity contribution in [2.24, 2.45) is 35.5 Å². The second kappa shape index (κ2) is 16.0. The van der Waals surface area contributed by atoms with Gasteiger partial charge in [-0.3, -0.25) is 10.1 Å². The summed E-state index contributed by atoms with van der Waals surface area (Å²) in [6, 6.07) is 0. The number of hydrogen-bond donors (Lipinski definition) is 4. The Hall–Kier alpha value is -1.75. The fraction of sp³-hybridized carbons (Fsp3) is 0.851. The van der Waals surface area contributed by atoms with Crippen LogP contribution < -0.4 is 5.32 Å². The second-order valence-electron chi connectivity index (χ2n) is 20.9. The maximum Gasteiger partial charge on any atom is 0.303 e. The highest BCUT2D eigenvalue weighted by Gasteiger charge is 2.64. The average molecular weight is 842 g/mol. The van der Waals surface area contributed by atoms with Gasteiger partial charge in [0.15, 0.2) is 23.1 Å². The molecule has 60 heavy (non-hydrogen) atoms. The lowest BCUT2D eigenvalue weighted by Gasteiger charge is -2.53. The molecule has 0 aromatic carbocycles. The van der Waals surface area contributed by atoms with Gasteiger partial charge in [0.2, 0.25) is 0 Å². The summed E-state index contributed by atoms with van der Waals surface area (Å²) in [7, 11) is 0. The predicted molar refractivity (Wildman–Crippen MR) is 219 cm³/mol. The van der Waals surface area contributed by atoms with Gasteiger partial charge in [-0.05, 0) is 73.8 Å². The fourth-order valence-corrected chi connectivity index (χ4v) is 12.8. The van der Waals surface area contributed by atoms with Crippen LogP contribution in [0.4, 0.5) is 0 Å². The van der Waals surface area contributed by atoms with Gasteiger partial charge in [0, 0.05) is 63.3 Å². The number of piperidine rings is 1. The number of rotatable bonds is 9. The van der Waals surface area contributed by atoms with Gasteiger partial charge < -0.3 is 53.2 Å². The maximum absolute atomic E-state index is 12.4. The largest absolute Gasteiger partial charge is 0.481 e. The van der Waals surface area contributed by atoms with Crippen LogP contribution in [-0.4, -0.2) is 112 Å². The summed E-state index contributed by atoms with van der Waals surface area (Å²) in [4.78, 5) is 11.0. The maximum atomic E-state index is 12.4. The fourth-order valence-electron chi connectivity index (χ4n) is 12.8. The minimum atomic E-state index is -1.88. The molecule has 2 bridgehead atoms. The molecule has 336 valence electrons. The van der Waals surface area contributed by atoms with E-state index < -0.39 is 53.2 Å². The van der Waals surface area contributed by atoms with E-state index in [9.17, 15) is 15.0 Å². The summed E-state index contributed by atoms with van der Waals surface area (Å²) < 4.78 is 54.1. The van der Waals surface area contributed by atoms with Gasteiger partial charge in [-0.15, -0.1) is 0 Å². The van der Waals surface area contributed by atoms with Crippen molar-refractivity contribution in [2.75, 3.05) is 6.54 Å². The number of allylic oxidation sites excluding steroid dienone is 1. The van der Waals surface area contributed by atoms with E-state index in [-0.39, 0.29) is 60.8 Å². The van der Waals surface area contributed by atoms with Crippen LogP contribution >= 0.6 is 0 Å². The van der Waals surface area contributed by atoms with E-state index in [1.54, 1.807) is 0 Å². The summed E-state index contributed by atoms with van der Waals surface area (Å²) in [5.74, 6) is -4.41. The van der Waals surface area contributed by atoms with Crippen molar-refractivity contribution in [1.29, 1.82) is 0 Å². The molecule has 9 aliphatic heterocycles. The quantitative estimate of drug-likeness (QED) is 0.193. The Morgan fingerprint density at radius 2 is 1.67 bits per heavy atom. The van der Waals surface area contributed by atoms with E-state index in [0.29, 0.717) is 69.1 Å². The zero-order valence-corrected chi connectivity index (χ0v) is 36.6. The number of carbonyl (C=O) groups is 1. The Bertz CT molecular complexity index is 1690. The van der Waals surface area contributed by atoms with Crippen molar-refractivity contribution >= 4 is 5.97 Å². The number of ether oxygens (including phenoxy) is 8. The van der Waals surface area contributed by atoms with Crippen LogP contribution in [-0.2, 0) is 42.7 Å². The van der Waals surface area contributed by atoms with Crippen LogP contribution in [0, 0.1) is 35.5 Å². The van der Waals surface area contributed by atoms with Gasteiger partial charge in [0.05, 0.1) is 42.7 Å². The zero-order chi connectivity index (χ0) is 42.4. The molecule has 0 saturated carbocycles. The van der Waals surface area contributed by atoms with Gasteiger partial charge in [0.1, 0.15) is 17.9 Å². The highest BCUT2D eigenvalue weighted by molar-refractivity contribution is 5.66. The van der Waals surface area contributed by atoms with Crippen LogP contribution in [0.1, 0.15) is 125 Å². The lowest BCUT2D eigenvalue weighted by molar-refractivity contribution is -0.367. The minimum Gasteiger partial charge on any atom is -0.481 e. The molecule has 9 heterocycles. The Morgan fingerprint density at radius 1 is 0.867 bits per heavy atom. The third-order valence-corrected chi connectivity index (χ3v) is 15.9. The highest BCUT2D eigenvalue weighted by atomic mass is 16.8. The summed E-state index contributed by atoms with van der Waals surface area (Å²) in [6.07, 6.45) is 12.2. The number of aliphatic hydroxyl groups excluding tert-OH is 1. The molecular formula is C47H71NO12. The van der Waals surface area contributed by atoms with E-state index >= 15 is 0 Å². The number of carboxylic acids is 1. The molecule has 0 amide bonds. The molecular weight excluding hydrogens is 771 g/mol. The number of nitrogens with one attached hydrogen (secondary N) is 1. The first-order valence-electron chi connectivity index (χ1n) is 23.3. The normalized spacial score (nSPS) is 52.9. The molecule has 4 N–H and O–H groups in total. The number of hydrogen-bond acceptors (Lipinski definition) is 12. The zero-order valence-electron chi connectivity index (χ0n) is 36.6. The first-order chi connectivity index (χ1) is 28.4. The summed E-state index contributed by atoms with van der Waals surface area (Å²) >= 11 is 0. The molecule has 0 unspecified atom stereocenters. The molecule has 13 nitrogen and oxygen atoms in total. The number of fused-ring (bicyclic) bond motifs is 5. The van der Waals surface area contributed by atoms with Crippen molar-refractivity contribution < 1.29 is 58.0 Å². The lowest BCUT2D eigenvalue weighted by Crippen LogP contribution is -2.62. The van der Waals surface area contributed by atoms with Gasteiger partial charge in [0.25, 0.3) is 0 Å². The first kappa shape index (κ1) is 43.5. The highest BCUT2D eigenvalue weighted by Crippen LogP contribution is 2.55. The monoisotopic (exact) mass is 841 g/mol. The molecule has 0 aromatic heterocycles. The standard InChI is InChI=1S/C47H71NO12/c1-26-18-36-41-38(24-45(58-41)30(5)17-27(2)25-48-45)56-44(22-26,55-36)23-29(4)40-28(3)19-32(7)47(52,59-40)42(51)37-21-35-34(53-37)20-31(6)46(57-35)16-15-43(60-46)14-10-12-33(54-43)11-8-9-13-39(49)50/h8,10-11,14,26-28,30-38,40-42,48,51-52H,4,9,12-13,15-25H2,1-3,5-7H3,(H,49,50)/b11-8+/t26-,27+,28-,30-,31-,32+,33+,34-,35-,36+,37+,38+,40-,41+,42-,43-,44-,45-,46+,47+/m0/s1. The van der Waals surface area contributed by atoms with Gasteiger partial charge >= 0.3 is 5.97 Å². The molecule has 8 fully saturated rings. The molecule has 20 atom stereocenters. The second-order valence-corrected chi connectivity index (χ2v) is 20.9. The Labute approximate surface area is 355 Å². The van der Waals surface area contributed by atoms with Crippen molar-refractivity contribution in [3.05, 3.63) is 36.5 Å². The summed E-state index contributed by atoms with van der Waals surface area (Å²) in [5.41, 5.74) is 0.390.